The van der Waals surface area contributed by atoms with E-state index in [2.05, 4.69) is 19.2 Å². The molecule has 0 spiro atoms. The van der Waals surface area contributed by atoms with Gasteiger partial charge in [0, 0.05) is 32.7 Å². The minimum Gasteiger partial charge on any atom is -0.340 e. The number of benzene rings is 1. The van der Waals surface area contributed by atoms with Crippen molar-refractivity contribution in [2.75, 3.05) is 39.3 Å². The quantitative estimate of drug-likeness (QED) is 0.780. The number of amides is 1. The number of carbonyl (C=O) groups excluding carboxylic acids is 1. The first-order valence-electron chi connectivity index (χ1n) is 10.0. The lowest BCUT2D eigenvalue weighted by Gasteiger charge is -2.36. The van der Waals surface area contributed by atoms with Crippen LogP contribution >= 0.6 is 12.4 Å². The van der Waals surface area contributed by atoms with E-state index in [9.17, 15) is 13.2 Å². The molecule has 2 fully saturated rings. The molecule has 2 atom stereocenters. The van der Waals surface area contributed by atoms with Gasteiger partial charge in [0.2, 0.25) is 15.9 Å². The van der Waals surface area contributed by atoms with E-state index >= 15 is 0 Å². The molecule has 1 amide bonds. The summed E-state index contributed by atoms with van der Waals surface area (Å²) in [6.07, 6.45) is 2.98. The van der Waals surface area contributed by atoms with Crippen LogP contribution in [0.2, 0.25) is 0 Å². The van der Waals surface area contributed by atoms with E-state index in [0.717, 1.165) is 37.9 Å². The first kappa shape index (κ1) is 23.1. The largest absolute Gasteiger partial charge is 0.340 e. The van der Waals surface area contributed by atoms with Crippen molar-refractivity contribution in [1.29, 1.82) is 0 Å². The molecule has 2 heterocycles. The van der Waals surface area contributed by atoms with E-state index in [1.54, 1.807) is 12.1 Å². The summed E-state index contributed by atoms with van der Waals surface area (Å²) in [5.74, 6) is 0.623. The van der Waals surface area contributed by atoms with Crippen LogP contribution in [0.5, 0.6) is 0 Å². The van der Waals surface area contributed by atoms with Crippen molar-refractivity contribution in [3.8, 4) is 0 Å². The highest BCUT2D eigenvalue weighted by Gasteiger charge is 2.32. The molecule has 2 aliphatic rings. The number of nitrogens with zero attached hydrogens (tertiary/aromatic N) is 2. The summed E-state index contributed by atoms with van der Waals surface area (Å²) in [4.78, 5) is 14.8. The lowest BCUT2D eigenvalue weighted by Crippen LogP contribution is -2.53. The molecule has 0 saturated carbocycles. The Morgan fingerprint density at radius 2 is 1.82 bits per heavy atom. The van der Waals surface area contributed by atoms with Crippen molar-refractivity contribution in [1.82, 2.24) is 14.5 Å². The first-order chi connectivity index (χ1) is 12.9. The highest BCUT2D eigenvalue weighted by Crippen LogP contribution is 2.23. The number of sulfonamides is 1. The van der Waals surface area contributed by atoms with Gasteiger partial charge < -0.3 is 10.2 Å². The highest BCUT2D eigenvalue weighted by molar-refractivity contribution is 7.89. The zero-order chi connectivity index (χ0) is 19.4. The number of hydrogen-bond acceptors (Lipinski definition) is 4. The topological polar surface area (TPSA) is 69.7 Å². The summed E-state index contributed by atoms with van der Waals surface area (Å²) in [6.45, 7) is 7.65. The zero-order valence-corrected chi connectivity index (χ0v) is 18.4. The Hall–Kier alpha value is -1.15. The molecular formula is C20H32ClN3O3S. The molecule has 158 valence electrons. The summed E-state index contributed by atoms with van der Waals surface area (Å²) in [5, 5.41) is 3.27. The summed E-state index contributed by atoms with van der Waals surface area (Å²) < 4.78 is 27.4. The van der Waals surface area contributed by atoms with E-state index in [4.69, 9.17) is 0 Å². The van der Waals surface area contributed by atoms with Gasteiger partial charge in [-0.25, -0.2) is 8.42 Å². The molecule has 3 rings (SSSR count). The molecule has 0 aromatic heterocycles. The Morgan fingerprint density at radius 1 is 1.18 bits per heavy atom. The number of piperazine rings is 1. The van der Waals surface area contributed by atoms with Crippen molar-refractivity contribution >= 4 is 28.3 Å². The number of hydrogen-bond donors (Lipinski definition) is 1. The van der Waals surface area contributed by atoms with Crippen molar-refractivity contribution in [3.05, 3.63) is 29.8 Å². The molecule has 2 aliphatic heterocycles. The Kier molecular flexibility index (Phi) is 8.30. The maximum Gasteiger partial charge on any atom is 0.243 e. The molecule has 0 bridgehead atoms. The molecule has 1 N–H and O–H groups in total. The van der Waals surface area contributed by atoms with Crippen LogP contribution < -0.4 is 5.32 Å². The molecule has 28 heavy (non-hydrogen) atoms. The molecule has 6 nitrogen and oxygen atoms in total. The van der Waals surface area contributed by atoms with Crippen LogP contribution in [0.4, 0.5) is 0 Å². The fourth-order valence-corrected chi connectivity index (χ4v) is 5.24. The second kappa shape index (κ2) is 10.1. The van der Waals surface area contributed by atoms with Gasteiger partial charge >= 0.3 is 0 Å². The number of piperidine rings is 1. The minimum atomic E-state index is -3.50. The van der Waals surface area contributed by atoms with E-state index in [1.807, 2.05) is 17.0 Å². The van der Waals surface area contributed by atoms with Crippen molar-refractivity contribution in [2.45, 2.75) is 43.9 Å². The third-order valence-electron chi connectivity index (χ3n) is 5.90. The Balaban J connectivity index is 0.00000280. The Labute approximate surface area is 175 Å². The molecule has 2 saturated heterocycles. The number of rotatable bonds is 5. The fraction of sp³-hybridized carbons (Fsp3) is 0.650. The van der Waals surface area contributed by atoms with Gasteiger partial charge in [-0.15, -0.1) is 12.4 Å². The predicted molar refractivity (Wildman–Crippen MR) is 113 cm³/mol. The Bertz CT molecular complexity index is 740. The van der Waals surface area contributed by atoms with Crippen molar-refractivity contribution in [2.24, 2.45) is 5.92 Å². The van der Waals surface area contributed by atoms with Gasteiger partial charge in [0.25, 0.3) is 0 Å². The summed E-state index contributed by atoms with van der Waals surface area (Å²) in [5.41, 5.74) is 1.16. The second-order valence-electron chi connectivity index (χ2n) is 7.65. The summed E-state index contributed by atoms with van der Waals surface area (Å²) >= 11 is 0. The first-order valence-corrected chi connectivity index (χ1v) is 11.5. The molecule has 1 aromatic rings. The average Bonchev–Trinajstić information content (AvgIpc) is 2.73. The van der Waals surface area contributed by atoms with Crippen LogP contribution in [0.25, 0.3) is 0 Å². The maximum absolute atomic E-state index is 12.9. The smallest absolute Gasteiger partial charge is 0.243 e. The molecule has 0 aliphatic carbocycles. The van der Waals surface area contributed by atoms with Crippen molar-refractivity contribution in [3.63, 3.8) is 0 Å². The molecule has 8 heteroatoms. The van der Waals surface area contributed by atoms with Gasteiger partial charge in [0.15, 0.2) is 0 Å². The van der Waals surface area contributed by atoms with Gasteiger partial charge in [0.05, 0.1) is 10.8 Å². The third kappa shape index (κ3) is 5.06. The summed E-state index contributed by atoms with van der Waals surface area (Å²) in [7, 11) is -3.50. The van der Waals surface area contributed by atoms with Crippen LogP contribution in [0.3, 0.4) is 0 Å². The maximum atomic E-state index is 12.9. The number of nitrogens with one attached hydrogen (secondary N) is 1. The fourth-order valence-electron chi connectivity index (χ4n) is 3.82. The molecular weight excluding hydrogens is 398 g/mol. The van der Waals surface area contributed by atoms with Crippen LogP contribution in [0.15, 0.2) is 29.2 Å². The predicted octanol–water partition coefficient (Wildman–Crippen LogP) is 2.45. The highest BCUT2D eigenvalue weighted by atomic mass is 35.5. The standard InChI is InChI=1S/C20H31N3O3S.ClH/c1-3-16(2)17-6-8-19(9-7-17)27(25,26)23-13-11-22(12-14-23)20(24)18-5-4-10-21-15-18;/h6-9,16,18,21H,3-5,10-15H2,1-2H3;1H. The normalized spacial score (nSPS) is 22.4. The minimum absolute atomic E-state index is 0. The zero-order valence-electron chi connectivity index (χ0n) is 16.8. The lowest BCUT2D eigenvalue weighted by atomic mass is 9.98. The number of halogens is 1. The van der Waals surface area contributed by atoms with Crippen molar-refractivity contribution < 1.29 is 13.2 Å². The SMILES string of the molecule is CCC(C)c1ccc(S(=O)(=O)N2CCN(C(=O)C3CCCNC3)CC2)cc1.Cl. The van der Waals surface area contributed by atoms with Gasteiger partial charge in [-0.2, -0.15) is 4.31 Å². The molecule has 0 radical (unpaired) electrons. The monoisotopic (exact) mass is 429 g/mol. The van der Waals surface area contributed by atoms with Crippen LogP contribution in [-0.2, 0) is 14.8 Å². The average molecular weight is 430 g/mol. The van der Waals surface area contributed by atoms with Crippen LogP contribution in [0.1, 0.15) is 44.6 Å². The van der Waals surface area contributed by atoms with Gasteiger partial charge in [-0.3, -0.25) is 4.79 Å². The van der Waals surface area contributed by atoms with Crippen LogP contribution in [0, 0.1) is 5.92 Å². The van der Waals surface area contributed by atoms with E-state index in [1.165, 1.54) is 4.31 Å². The van der Waals surface area contributed by atoms with E-state index in [-0.39, 0.29) is 24.2 Å². The summed E-state index contributed by atoms with van der Waals surface area (Å²) in [6, 6.07) is 7.25. The molecule has 1 aromatic carbocycles. The van der Waals surface area contributed by atoms with Crippen LogP contribution in [-0.4, -0.2) is 62.8 Å². The Morgan fingerprint density at radius 3 is 2.36 bits per heavy atom. The lowest BCUT2D eigenvalue weighted by molar-refractivity contribution is -0.137. The number of carbonyl (C=O) groups is 1. The second-order valence-corrected chi connectivity index (χ2v) is 9.59. The third-order valence-corrected chi connectivity index (χ3v) is 7.81. The molecule has 2 unspecified atom stereocenters. The van der Waals surface area contributed by atoms with E-state index in [0.29, 0.717) is 37.0 Å². The van der Waals surface area contributed by atoms with Gasteiger partial charge in [-0.1, -0.05) is 26.0 Å². The van der Waals surface area contributed by atoms with Gasteiger partial charge in [-0.05, 0) is 49.4 Å². The van der Waals surface area contributed by atoms with E-state index < -0.39 is 10.0 Å². The van der Waals surface area contributed by atoms with Gasteiger partial charge in [0.1, 0.15) is 0 Å².